The standard InChI is InChI=1S/C22H22O3/c1-23-20-13-11-18(12-14-20)15-16-24-21-9-5-6-10-22(21)25-17-19-7-3-2-4-8-19/h2-14H,15-17H2,1H3. The molecule has 0 fully saturated rings. The summed E-state index contributed by atoms with van der Waals surface area (Å²) in [6.45, 7) is 1.12. The maximum atomic E-state index is 5.93. The average molecular weight is 334 g/mol. The lowest BCUT2D eigenvalue weighted by Crippen LogP contribution is -2.04. The van der Waals surface area contributed by atoms with Gasteiger partial charge in [0.15, 0.2) is 11.5 Å². The summed E-state index contributed by atoms with van der Waals surface area (Å²) in [6, 6.07) is 25.9. The molecule has 3 aromatic rings. The Morgan fingerprint density at radius 1 is 0.640 bits per heavy atom. The Morgan fingerprint density at radius 2 is 1.28 bits per heavy atom. The van der Waals surface area contributed by atoms with Gasteiger partial charge in [0.25, 0.3) is 0 Å². The van der Waals surface area contributed by atoms with Crippen LogP contribution in [0.5, 0.6) is 17.2 Å². The third-order valence-corrected chi connectivity index (χ3v) is 3.89. The van der Waals surface area contributed by atoms with Crippen LogP contribution in [0.4, 0.5) is 0 Å². The average Bonchev–Trinajstić information content (AvgIpc) is 2.68. The summed E-state index contributed by atoms with van der Waals surface area (Å²) in [6.07, 6.45) is 0.830. The van der Waals surface area contributed by atoms with Crippen LogP contribution in [0.15, 0.2) is 78.9 Å². The van der Waals surface area contributed by atoms with E-state index >= 15 is 0 Å². The molecule has 0 spiro atoms. The molecule has 0 aromatic heterocycles. The summed E-state index contributed by atoms with van der Waals surface area (Å²) in [5.41, 5.74) is 2.35. The normalized spacial score (nSPS) is 10.3. The smallest absolute Gasteiger partial charge is 0.161 e. The van der Waals surface area contributed by atoms with E-state index in [-0.39, 0.29) is 0 Å². The van der Waals surface area contributed by atoms with Crippen LogP contribution in [0.1, 0.15) is 11.1 Å². The first-order valence-electron chi connectivity index (χ1n) is 8.36. The minimum absolute atomic E-state index is 0.527. The summed E-state index contributed by atoms with van der Waals surface area (Å²) in [5.74, 6) is 2.40. The maximum absolute atomic E-state index is 5.93. The van der Waals surface area contributed by atoms with E-state index in [1.54, 1.807) is 7.11 Å². The van der Waals surface area contributed by atoms with E-state index < -0.39 is 0 Å². The molecule has 0 atom stereocenters. The van der Waals surface area contributed by atoms with Crippen LogP contribution in [-0.2, 0) is 13.0 Å². The fourth-order valence-corrected chi connectivity index (χ4v) is 2.50. The quantitative estimate of drug-likeness (QED) is 0.587. The van der Waals surface area contributed by atoms with Crippen molar-refractivity contribution in [2.24, 2.45) is 0 Å². The van der Waals surface area contributed by atoms with Gasteiger partial charge < -0.3 is 14.2 Å². The zero-order valence-corrected chi connectivity index (χ0v) is 14.4. The van der Waals surface area contributed by atoms with Crippen LogP contribution in [-0.4, -0.2) is 13.7 Å². The molecule has 128 valence electrons. The van der Waals surface area contributed by atoms with Crippen LogP contribution < -0.4 is 14.2 Å². The van der Waals surface area contributed by atoms with Crippen molar-refractivity contribution in [2.75, 3.05) is 13.7 Å². The zero-order valence-electron chi connectivity index (χ0n) is 14.4. The summed E-state index contributed by atoms with van der Waals surface area (Å²) in [4.78, 5) is 0. The molecule has 0 unspecified atom stereocenters. The van der Waals surface area contributed by atoms with Crippen molar-refractivity contribution in [3.63, 3.8) is 0 Å². The molecule has 0 bridgehead atoms. The van der Waals surface area contributed by atoms with Crippen LogP contribution in [0.25, 0.3) is 0 Å². The molecule has 25 heavy (non-hydrogen) atoms. The summed E-state index contributed by atoms with van der Waals surface area (Å²) >= 11 is 0. The SMILES string of the molecule is COc1ccc(CCOc2ccccc2OCc2ccccc2)cc1. The number of para-hydroxylation sites is 2. The molecule has 0 aliphatic carbocycles. The Hall–Kier alpha value is -2.94. The van der Waals surface area contributed by atoms with E-state index in [4.69, 9.17) is 14.2 Å². The van der Waals surface area contributed by atoms with Crippen molar-refractivity contribution < 1.29 is 14.2 Å². The van der Waals surface area contributed by atoms with Crippen LogP contribution >= 0.6 is 0 Å². The Bertz CT molecular complexity index is 767. The van der Waals surface area contributed by atoms with Crippen molar-refractivity contribution in [3.05, 3.63) is 90.0 Å². The fourth-order valence-electron chi connectivity index (χ4n) is 2.50. The Balaban J connectivity index is 1.55. The second-order valence-corrected chi connectivity index (χ2v) is 5.67. The van der Waals surface area contributed by atoms with Gasteiger partial charge in [0.2, 0.25) is 0 Å². The van der Waals surface area contributed by atoms with Crippen LogP contribution in [0, 0.1) is 0 Å². The minimum atomic E-state index is 0.527. The first kappa shape index (κ1) is 16.9. The molecular formula is C22H22O3. The number of ether oxygens (including phenoxy) is 3. The highest BCUT2D eigenvalue weighted by Crippen LogP contribution is 2.27. The van der Waals surface area contributed by atoms with Crippen molar-refractivity contribution in [3.8, 4) is 17.2 Å². The van der Waals surface area contributed by atoms with E-state index in [1.807, 2.05) is 66.7 Å². The maximum Gasteiger partial charge on any atom is 0.161 e. The molecule has 0 N–H and O–H groups in total. The molecule has 3 heteroatoms. The molecule has 3 aromatic carbocycles. The molecule has 0 aliphatic heterocycles. The molecule has 0 amide bonds. The van der Waals surface area contributed by atoms with Gasteiger partial charge in [-0.05, 0) is 35.4 Å². The first-order valence-corrected chi connectivity index (χ1v) is 8.36. The van der Waals surface area contributed by atoms with Crippen LogP contribution in [0.2, 0.25) is 0 Å². The lowest BCUT2D eigenvalue weighted by Gasteiger charge is -2.13. The molecule has 0 saturated heterocycles. The topological polar surface area (TPSA) is 27.7 Å². The van der Waals surface area contributed by atoms with Gasteiger partial charge in [-0.1, -0.05) is 54.6 Å². The third-order valence-electron chi connectivity index (χ3n) is 3.89. The van der Waals surface area contributed by atoms with E-state index in [0.29, 0.717) is 13.2 Å². The Kier molecular flexibility index (Phi) is 5.94. The molecule has 0 aliphatic rings. The molecule has 0 saturated carbocycles. The molecule has 3 rings (SSSR count). The molecule has 0 heterocycles. The molecule has 0 radical (unpaired) electrons. The largest absolute Gasteiger partial charge is 0.497 e. The monoisotopic (exact) mass is 334 g/mol. The van der Waals surface area contributed by atoms with Crippen molar-refractivity contribution in [2.45, 2.75) is 13.0 Å². The van der Waals surface area contributed by atoms with Crippen LogP contribution in [0.3, 0.4) is 0 Å². The lowest BCUT2D eigenvalue weighted by molar-refractivity contribution is 0.263. The predicted molar refractivity (Wildman–Crippen MR) is 99.4 cm³/mol. The van der Waals surface area contributed by atoms with Crippen molar-refractivity contribution in [1.29, 1.82) is 0 Å². The minimum Gasteiger partial charge on any atom is -0.497 e. The van der Waals surface area contributed by atoms with E-state index in [2.05, 4.69) is 12.1 Å². The van der Waals surface area contributed by atoms with E-state index in [0.717, 1.165) is 29.2 Å². The summed E-state index contributed by atoms with van der Waals surface area (Å²) in [7, 11) is 1.67. The number of hydrogen-bond acceptors (Lipinski definition) is 3. The Labute approximate surface area is 148 Å². The van der Waals surface area contributed by atoms with Gasteiger partial charge in [0, 0.05) is 6.42 Å². The van der Waals surface area contributed by atoms with Gasteiger partial charge in [0.05, 0.1) is 13.7 Å². The number of rotatable bonds is 8. The number of hydrogen-bond donors (Lipinski definition) is 0. The fraction of sp³-hybridized carbons (Fsp3) is 0.182. The third kappa shape index (κ3) is 5.01. The second-order valence-electron chi connectivity index (χ2n) is 5.67. The summed E-state index contributed by atoms with van der Waals surface area (Å²) in [5, 5.41) is 0. The van der Waals surface area contributed by atoms with Gasteiger partial charge in [-0.2, -0.15) is 0 Å². The highest BCUT2D eigenvalue weighted by atomic mass is 16.5. The van der Waals surface area contributed by atoms with Crippen molar-refractivity contribution >= 4 is 0 Å². The highest BCUT2D eigenvalue weighted by molar-refractivity contribution is 5.39. The first-order chi connectivity index (χ1) is 12.3. The van der Waals surface area contributed by atoms with Gasteiger partial charge in [-0.3, -0.25) is 0 Å². The molecule has 3 nitrogen and oxygen atoms in total. The van der Waals surface area contributed by atoms with E-state index in [9.17, 15) is 0 Å². The number of benzene rings is 3. The number of methoxy groups -OCH3 is 1. The van der Waals surface area contributed by atoms with Gasteiger partial charge in [-0.25, -0.2) is 0 Å². The molecular weight excluding hydrogens is 312 g/mol. The van der Waals surface area contributed by atoms with Crippen molar-refractivity contribution in [1.82, 2.24) is 0 Å². The van der Waals surface area contributed by atoms with E-state index in [1.165, 1.54) is 5.56 Å². The zero-order chi connectivity index (χ0) is 17.3. The van der Waals surface area contributed by atoms with Gasteiger partial charge in [-0.15, -0.1) is 0 Å². The van der Waals surface area contributed by atoms with Gasteiger partial charge in [0.1, 0.15) is 12.4 Å². The lowest BCUT2D eigenvalue weighted by atomic mass is 10.1. The predicted octanol–water partition coefficient (Wildman–Crippen LogP) is 4.90. The second kappa shape index (κ2) is 8.78. The highest BCUT2D eigenvalue weighted by Gasteiger charge is 2.05. The Morgan fingerprint density at radius 3 is 1.96 bits per heavy atom. The summed E-state index contributed by atoms with van der Waals surface area (Å²) < 4.78 is 17.0. The van der Waals surface area contributed by atoms with Gasteiger partial charge >= 0.3 is 0 Å².